The Hall–Kier alpha value is -1.81. The standard InChI is InChI=1S/C19H29F3N4O2S/c1-14-5-7-15(8-6-14)18(2,3)13-24-17(23-4)25-16-9-11-26(12-10-16)29(27,28)19(20,21)22/h5-8,16H,9-13H2,1-4H3,(H2,23,24,25). The van der Waals surface area contributed by atoms with E-state index in [1.807, 2.05) is 6.92 Å². The summed E-state index contributed by atoms with van der Waals surface area (Å²) in [6.45, 7) is 6.51. The van der Waals surface area contributed by atoms with E-state index in [-0.39, 0.29) is 37.4 Å². The van der Waals surface area contributed by atoms with E-state index in [0.717, 1.165) is 0 Å². The number of benzene rings is 1. The highest BCUT2D eigenvalue weighted by Gasteiger charge is 2.50. The first kappa shape index (κ1) is 23.5. The lowest BCUT2D eigenvalue weighted by atomic mass is 9.84. The Morgan fingerprint density at radius 3 is 2.21 bits per heavy atom. The molecule has 0 aliphatic carbocycles. The van der Waals surface area contributed by atoms with Crippen molar-refractivity contribution in [2.45, 2.75) is 50.6 Å². The van der Waals surface area contributed by atoms with Crippen LogP contribution in [0.5, 0.6) is 0 Å². The molecule has 0 radical (unpaired) electrons. The molecule has 1 aromatic rings. The third-order valence-electron chi connectivity index (χ3n) is 5.18. The molecule has 0 spiro atoms. The molecule has 0 bridgehead atoms. The van der Waals surface area contributed by atoms with Crippen LogP contribution in [0.2, 0.25) is 0 Å². The van der Waals surface area contributed by atoms with Crippen molar-refractivity contribution >= 4 is 16.0 Å². The zero-order valence-electron chi connectivity index (χ0n) is 17.2. The Bertz CT molecular complexity index is 813. The van der Waals surface area contributed by atoms with Crippen molar-refractivity contribution < 1.29 is 21.6 Å². The highest BCUT2D eigenvalue weighted by atomic mass is 32.2. The molecule has 1 aliphatic heterocycles. The third-order valence-corrected chi connectivity index (χ3v) is 6.81. The highest BCUT2D eigenvalue weighted by molar-refractivity contribution is 7.90. The zero-order valence-corrected chi connectivity index (χ0v) is 18.0. The van der Waals surface area contributed by atoms with Gasteiger partial charge in [0.25, 0.3) is 0 Å². The van der Waals surface area contributed by atoms with Gasteiger partial charge in [-0.05, 0) is 25.3 Å². The SMILES string of the molecule is CN=C(NCC(C)(C)c1ccc(C)cc1)NC1CCN(S(=O)(=O)C(F)(F)F)CC1. The van der Waals surface area contributed by atoms with Crippen molar-refractivity contribution in [1.29, 1.82) is 0 Å². The van der Waals surface area contributed by atoms with Crippen LogP contribution in [0.25, 0.3) is 0 Å². The summed E-state index contributed by atoms with van der Waals surface area (Å²) in [4.78, 5) is 4.18. The van der Waals surface area contributed by atoms with Gasteiger partial charge in [0.15, 0.2) is 5.96 Å². The molecule has 29 heavy (non-hydrogen) atoms. The van der Waals surface area contributed by atoms with E-state index >= 15 is 0 Å². The quantitative estimate of drug-likeness (QED) is 0.552. The van der Waals surface area contributed by atoms with Gasteiger partial charge in [0.1, 0.15) is 0 Å². The number of rotatable bonds is 5. The minimum Gasteiger partial charge on any atom is -0.356 e. The number of piperidine rings is 1. The van der Waals surface area contributed by atoms with E-state index in [9.17, 15) is 21.6 Å². The Kier molecular flexibility index (Phi) is 7.21. The van der Waals surface area contributed by atoms with Crippen LogP contribution in [0.15, 0.2) is 29.3 Å². The van der Waals surface area contributed by atoms with E-state index in [1.54, 1.807) is 7.05 Å². The lowest BCUT2D eigenvalue weighted by Gasteiger charge is -2.33. The van der Waals surface area contributed by atoms with Crippen molar-refractivity contribution in [2.75, 3.05) is 26.7 Å². The molecule has 1 aliphatic rings. The number of nitrogens with zero attached hydrogens (tertiary/aromatic N) is 2. The van der Waals surface area contributed by atoms with Gasteiger partial charge < -0.3 is 10.6 Å². The van der Waals surface area contributed by atoms with Gasteiger partial charge >= 0.3 is 15.5 Å². The van der Waals surface area contributed by atoms with Crippen molar-refractivity contribution in [2.24, 2.45) is 4.99 Å². The number of sulfonamides is 1. The van der Waals surface area contributed by atoms with E-state index in [4.69, 9.17) is 0 Å². The second-order valence-corrected chi connectivity index (χ2v) is 9.87. The normalized spacial score (nSPS) is 18.0. The number of hydrogen-bond donors (Lipinski definition) is 2. The Labute approximate surface area is 170 Å². The van der Waals surface area contributed by atoms with Crippen LogP contribution in [0.4, 0.5) is 13.2 Å². The topological polar surface area (TPSA) is 73.8 Å². The summed E-state index contributed by atoms with van der Waals surface area (Å²) in [6, 6.07) is 8.15. The highest BCUT2D eigenvalue weighted by Crippen LogP contribution is 2.29. The molecule has 2 rings (SSSR count). The van der Waals surface area contributed by atoms with Gasteiger partial charge in [-0.1, -0.05) is 43.7 Å². The first-order valence-corrected chi connectivity index (χ1v) is 10.9. The molecule has 0 unspecified atom stereocenters. The molecule has 0 saturated carbocycles. The average Bonchev–Trinajstić information content (AvgIpc) is 2.65. The van der Waals surface area contributed by atoms with Gasteiger partial charge in [-0.2, -0.15) is 17.5 Å². The zero-order chi connectivity index (χ0) is 21.9. The van der Waals surface area contributed by atoms with Crippen molar-refractivity contribution in [3.63, 3.8) is 0 Å². The van der Waals surface area contributed by atoms with E-state index in [2.05, 4.69) is 53.7 Å². The van der Waals surface area contributed by atoms with E-state index in [1.165, 1.54) is 11.1 Å². The van der Waals surface area contributed by atoms with Gasteiger partial charge in [0.05, 0.1) is 0 Å². The number of nitrogens with one attached hydrogen (secondary N) is 2. The lowest BCUT2D eigenvalue weighted by molar-refractivity contribution is -0.0494. The molecule has 1 aromatic carbocycles. The van der Waals surface area contributed by atoms with E-state index in [0.29, 0.717) is 16.8 Å². The van der Waals surface area contributed by atoms with Gasteiger partial charge in [-0.15, -0.1) is 0 Å². The second-order valence-electron chi connectivity index (χ2n) is 7.94. The minimum absolute atomic E-state index is 0.150. The summed E-state index contributed by atoms with van der Waals surface area (Å²) in [7, 11) is -3.64. The predicted molar refractivity (Wildman–Crippen MR) is 108 cm³/mol. The number of aliphatic imine (C=N–C) groups is 1. The molecule has 6 nitrogen and oxygen atoms in total. The van der Waals surface area contributed by atoms with Crippen LogP contribution in [-0.2, 0) is 15.4 Å². The Morgan fingerprint density at radius 2 is 1.72 bits per heavy atom. The average molecular weight is 435 g/mol. The van der Waals surface area contributed by atoms with Crippen molar-refractivity contribution in [1.82, 2.24) is 14.9 Å². The Balaban J connectivity index is 1.89. The monoisotopic (exact) mass is 434 g/mol. The maximum atomic E-state index is 12.7. The fourth-order valence-electron chi connectivity index (χ4n) is 3.19. The molecule has 0 atom stereocenters. The smallest absolute Gasteiger partial charge is 0.356 e. The molecule has 0 aromatic heterocycles. The fourth-order valence-corrected chi connectivity index (χ4v) is 4.17. The predicted octanol–water partition coefficient (Wildman–Crippen LogP) is 2.75. The van der Waals surface area contributed by atoms with Crippen LogP contribution in [-0.4, -0.2) is 56.9 Å². The lowest BCUT2D eigenvalue weighted by Crippen LogP contribution is -2.52. The van der Waals surface area contributed by atoms with Gasteiger partial charge in [-0.3, -0.25) is 4.99 Å². The first-order valence-electron chi connectivity index (χ1n) is 9.47. The van der Waals surface area contributed by atoms with E-state index < -0.39 is 15.5 Å². The number of guanidine groups is 1. The molecule has 1 heterocycles. The number of halogens is 3. The summed E-state index contributed by atoms with van der Waals surface area (Å²) in [5, 5.41) is 6.45. The largest absolute Gasteiger partial charge is 0.511 e. The van der Waals surface area contributed by atoms with Crippen LogP contribution in [0.1, 0.15) is 37.8 Å². The number of hydrogen-bond acceptors (Lipinski definition) is 3. The first-order chi connectivity index (χ1) is 13.4. The number of aryl methyl sites for hydroxylation is 1. The van der Waals surface area contributed by atoms with Crippen LogP contribution in [0, 0.1) is 6.92 Å². The molecular weight excluding hydrogens is 405 g/mol. The molecule has 10 heteroatoms. The van der Waals surface area contributed by atoms with Crippen LogP contribution in [0.3, 0.4) is 0 Å². The summed E-state index contributed by atoms with van der Waals surface area (Å²) >= 11 is 0. The number of alkyl halides is 3. The summed E-state index contributed by atoms with van der Waals surface area (Å²) < 4.78 is 61.6. The van der Waals surface area contributed by atoms with Gasteiger partial charge in [0.2, 0.25) is 0 Å². The van der Waals surface area contributed by atoms with Crippen LogP contribution >= 0.6 is 0 Å². The summed E-state index contributed by atoms with van der Waals surface area (Å²) in [5.41, 5.74) is -3.05. The molecule has 2 N–H and O–H groups in total. The molecule has 0 amide bonds. The minimum atomic E-state index is -5.26. The fraction of sp³-hybridized carbons (Fsp3) is 0.632. The third kappa shape index (κ3) is 5.85. The van der Waals surface area contributed by atoms with Crippen LogP contribution < -0.4 is 10.6 Å². The van der Waals surface area contributed by atoms with Crippen molar-refractivity contribution in [3.8, 4) is 0 Å². The molecule has 1 saturated heterocycles. The maximum absolute atomic E-state index is 12.7. The maximum Gasteiger partial charge on any atom is 0.511 e. The Morgan fingerprint density at radius 1 is 1.17 bits per heavy atom. The summed E-state index contributed by atoms with van der Waals surface area (Å²) in [6.07, 6.45) is 0.550. The molecular formula is C19H29F3N4O2S. The summed E-state index contributed by atoms with van der Waals surface area (Å²) in [5.74, 6) is 0.544. The second kappa shape index (κ2) is 8.91. The van der Waals surface area contributed by atoms with Crippen molar-refractivity contribution in [3.05, 3.63) is 35.4 Å². The molecule has 164 valence electrons. The van der Waals surface area contributed by atoms with Gasteiger partial charge in [0, 0.05) is 38.1 Å². The molecule has 1 fully saturated rings. The van der Waals surface area contributed by atoms with Gasteiger partial charge in [-0.25, -0.2) is 8.42 Å².